The highest BCUT2D eigenvalue weighted by Gasteiger charge is 1.95. The Morgan fingerprint density at radius 1 is 1.33 bits per heavy atom. The molecule has 0 spiro atoms. The second kappa shape index (κ2) is 5.72. The van der Waals surface area contributed by atoms with Crippen molar-refractivity contribution < 1.29 is 4.39 Å². The second-order valence-corrected chi connectivity index (χ2v) is 2.35. The fraction of sp³-hybridized carbons (Fsp3) is 0.200. The molecule has 0 aliphatic carbocycles. The van der Waals surface area contributed by atoms with Crippen LogP contribution >= 0.6 is 0 Å². The first-order valence-electron chi connectivity index (χ1n) is 3.73. The van der Waals surface area contributed by atoms with E-state index in [4.69, 9.17) is 0 Å². The van der Waals surface area contributed by atoms with E-state index in [1.807, 2.05) is 37.3 Å². The highest BCUT2D eigenvalue weighted by molar-refractivity contribution is 5.75. The van der Waals surface area contributed by atoms with Gasteiger partial charge in [-0.05, 0) is 28.5 Å². The van der Waals surface area contributed by atoms with Crippen LogP contribution in [0.2, 0.25) is 0 Å². The molecule has 1 aromatic carbocycles. The van der Waals surface area contributed by atoms with Crippen molar-refractivity contribution in [2.24, 2.45) is 0 Å². The molecule has 0 aliphatic heterocycles. The van der Waals surface area contributed by atoms with Gasteiger partial charge in [-0.3, -0.25) is 0 Å². The number of rotatable bonds is 2. The standard InChI is InChI=1S/C10H11F.H4Si/c1-2-9(8-11)10-6-4-3-5-7-10;/h3-8H,2H2,1H3;1H4. The molecule has 0 nitrogen and oxygen atoms in total. The van der Waals surface area contributed by atoms with Crippen LogP contribution in [-0.4, -0.2) is 11.0 Å². The molecule has 0 amide bonds. The first-order chi connectivity index (χ1) is 5.38. The summed E-state index contributed by atoms with van der Waals surface area (Å²) in [6, 6.07) is 9.57. The third-order valence-corrected chi connectivity index (χ3v) is 1.66. The maximum absolute atomic E-state index is 12.2. The Kier molecular flexibility index (Phi) is 5.29. The van der Waals surface area contributed by atoms with Crippen LogP contribution in [0.4, 0.5) is 4.39 Å². The Bertz CT molecular complexity index is 241. The zero-order chi connectivity index (χ0) is 8.10. The van der Waals surface area contributed by atoms with Crippen LogP contribution in [0.15, 0.2) is 36.7 Å². The minimum Gasteiger partial charge on any atom is -0.215 e. The molecule has 0 fully saturated rings. The molecular formula is C10H15FSi. The van der Waals surface area contributed by atoms with E-state index < -0.39 is 0 Å². The minimum absolute atomic E-state index is 0. The average molecular weight is 182 g/mol. The largest absolute Gasteiger partial charge is 0.215 e. The van der Waals surface area contributed by atoms with E-state index in [2.05, 4.69) is 0 Å². The summed E-state index contributed by atoms with van der Waals surface area (Å²) >= 11 is 0. The van der Waals surface area contributed by atoms with Crippen LogP contribution < -0.4 is 0 Å². The van der Waals surface area contributed by atoms with Gasteiger partial charge in [-0.15, -0.1) is 0 Å². The number of halogens is 1. The predicted molar refractivity (Wildman–Crippen MR) is 57.2 cm³/mol. The minimum atomic E-state index is 0. The maximum Gasteiger partial charge on any atom is 0.0904 e. The van der Waals surface area contributed by atoms with Gasteiger partial charge in [-0.2, -0.15) is 0 Å². The molecule has 0 N–H and O–H groups in total. The van der Waals surface area contributed by atoms with E-state index in [0.29, 0.717) is 6.33 Å². The molecule has 12 heavy (non-hydrogen) atoms. The summed E-state index contributed by atoms with van der Waals surface area (Å²) in [5, 5.41) is 0. The first-order valence-corrected chi connectivity index (χ1v) is 3.73. The highest BCUT2D eigenvalue weighted by Crippen LogP contribution is 2.16. The van der Waals surface area contributed by atoms with E-state index in [-0.39, 0.29) is 11.0 Å². The van der Waals surface area contributed by atoms with E-state index in [1.54, 1.807) is 0 Å². The number of hydrogen-bond acceptors (Lipinski definition) is 0. The summed E-state index contributed by atoms with van der Waals surface area (Å²) in [4.78, 5) is 0. The number of allylic oxidation sites excluding steroid dienone is 1. The molecular weight excluding hydrogens is 167 g/mol. The zero-order valence-electron chi connectivity index (χ0n) is 6.55. The summed E-state index contributed by atoms with van der Waals surface area (Å²) in [5.74, 6) is 0. The van der Waals surface area contributed by atoms with E-state index in [0.717, 1.165) is 17.6 Å². The number of hydrogen-bond donors (Lipinski definition) is 0. The van der Waals surface area contributed by atoms with Crippen molar-refractivity contribution in [2.75, 3.05) is 0 Å². The molecule has 0 radical (unpaired) electrons. The lowest BCUT2D eigenvalue weighted by molar-refractivity contribution is 0.720. The van der Waals surface area contributed by atoms with Gasteiger partial charge in [0.15, 0.2) is 0 Å². The van der Waals surface area contributed by atoms with Crippen molar-refractivity contribution >= 4 is 16.5 Å². The molecule has 0 heterocycles. The molecule has 0 saturated heterocycles. The van der Waals surface area contributed by atoms with Crippen LogP contribution in [0.3, 0.4) is 0 Å². The average Bonchev–Trinajstić information content (AvgIpc) is 2.09. The lowest BCUT2D eigenvalue weighted by atomic mass is 10.1. The van der Waals surface area contributed by atoms with Crippen LogP contribution in [0.25, 0.3) is 5.57 Å². The molecule has 0 aromatic heterocycles. The second-order valence-electron chi connectivity index (χ2n) is 2.35. The third kappa shape index (κ3) is 2.62. The number of benzene rings is 1. The zero-order valence-corrected chi connectivity index (χ0v) is 6.55. The summed E-state index contributed by atoms with van der Waals surface area (Å²) in [6.07, 6.45) is 1.41. The van der Waals surface area contributed by atoms with Crippen LogP contribution in [-0.2, 0) is 0 Å². The highest BCUT2D eigenvalue weighted by atomic mass is 28.1. The van der Waals surface area contributed by atoms with Gasteiger partial charge >= 0.3 is 0 Å². The Morgan fingerprint density at radius 3 is 2.33 bits per heavy atom. The van der Waals surface area contributed by atoms with Crippen molar-refractivity contribution in [3.63, 3.8) is 0 Å². The lowest BCUT2D eigenvalue weighted by Gasteiger charge is -2.00. The molecule has 0 atom stereocenters. The van der Waals surface area contributed by atoms with Gasteiger partial charge < -0.3 is 0 Å². The monoisotopic (exact) mass is 182 g/mol. The van der Waals surface area contributed by atoms with Crippen molar-refractivity contribution in [2.45, 2.75) is 13.3 Å². The van der Waals surface area contributed by atoms with Gasteiger partial charge in [-0.1, -0.05) is 37.3 Å². The molecule has 0 saturated carbocycles. The van der Waals surface area contributed by atoms with Crippen molar-refractivity contribution in [3.05, 3.63) is 42.2 Å². The summed E-state index contributed by atoms with van der Waals surface area (Å²) < 4.78 is 12.2. The lowest BCUT2D eigenvalue weighted by Crippen LogP contribution is -1.79. The van der Waals surface area contributed by atoms with E-state index in [9.17, 15) is 4.39 Å². The Balaban J connectivity index is 0.00000121. The van der Waals surface area contributed by atoms with Gasteiger partial charge in [-0.25, -0.2) is 4.39 Å². The van der Waals surface area contributed by atoms with E-state index in [1.165, 1.54) is 0 Å². The summed E-state index contributed by atoms with van der Waals surface area (Å²) in [5.41, 5.74) is 1.73. The molecule has 1 aromatic rings. The Morgan fingerprint density at radius 2 is 1.92 bits per heavy atom. The fourth-order valence-corrected chi connectivity index (χ4v) is 0.996. The Labute approximate surface area is 77.1 Å². The smallest absolute Gasteiger partial charge is 0.0904 e. The molecule has 2 heteroatoms. The molecule has 0 unspecified atom stereocenters. The molecule has 1 rings (SSSR count). The van der Waals surface area contributed by atoms with Gasteiger partial charge in [0.05, 0.1) is 6.33 Å². The molecule has 0 aliphatic rings. The van der Waals surface area contributed by atoms with Crippen LogP contribution in [0.5, 0.6) is 0 Å². The van der Waals surface area contributed by atoms with Gasteiger partial charge in [0, 0.05) is 0 Å². The predicted octanol–water partition coefficient (Wildman–Crippen LogP) is 1.96. The van der Waals surface area contributed by atoms with Crippen molar-refractivity contribution in [1.82, 2.24) is 0 Å². The maximum atomic E-state index is 12.2. The van der Waals surface area contributed by atoms with Crippen molar-refractivity contribution in [1.29, 1.82) is 0 Å². The van der Waals surface area contributed by atoms with Crippen molar-refractivity contribution in [3.8, 4) is 0 Å². The normalized spacial score (nSPS) is 10.7. The van der Waals surface area contributed by atoms with Crippen LogP contribution in [0, 0.1) is 0 Å². The SMILES string of the molecule is CCC(=CF)c1ccccc1.[SiH4]. The third-order valence-electron chi connectivity index (χ3n) is 1.66. The van der Waals surface area contributed by atoms with Gasteiger partial charge in [0.2, 0.25) is 0 Å². The summed E-state index contributed by atoms with van der Waals surface area (Å²) in [7, 11) is 0. The van der Waals surface area contributed by atoms with E-state index >= 15 is 0 Å². The quantitative estimate of drug-likeness (QED) is 0.613. The summed E-state index contributed by atoms with van der Waals surface area (Å²) in [6.45, 7) is 1.94. The topological polar surface area (TPSA) is 0 Å². The molecule has 66 valence electrons. The molecule has 0 bridgehead atoms. The fourth-order valence-electron chi connectivity index (χ4n) is 0.996. The van der Waals surface area contributed by atoms with Gasteiger partial charge in [0.1, 0.15) is 0 Å². The first kappa shape index (κ1) is 11.1. The van der Waals surface area contributed by atoms with Crippen LogP contribution in [0.1, 0.15) is 18.9 Å². The van der Waals surface area contributed by atoms with Gasteiger partial charge in [0.25, 0.3) is 0 Å². The Hall–Kier alpha value is -0.893.